The highest BCUT2D eigenvalue weighted by Crippen LogP contribution is 2.26. The fourth-order valence-electron chi connectivity index (χ4n) is 3.62. The molecule has 1 saturated heterocycles. The molecule has 1 aliphatic rings. The molecule has 2 aromatic rings. The molecule has 32 heavy (non-hydrogen) atoms. The Labute approximate surface area is 187 Å². The van der Waals surface area contributed by atoms with E-state index in [0.717, 1.165) is 0 Å². The number of carbonyl (C=O) groups is 1. The third kappa shape index (κ3) is 5.37. The van der Waals surface area contributed by atoms with Gasteiger partial charge in [0.2, 0.25) is 5.95 Å². The van der Waals surface area contributed by atoms with Crippen molar-refractivity contribution in [3.63, 3.8) is 0 Å². The summed E-state index contributed by atoms with van der Waals surface area (Å²) in [7, 11) is 0. The van der Waals surface area contributed by atoms with Crippen LogP contribution >= 0.6 is 0 Å². The number of hydrogen-bond acceptors (Lipinski definition) is 8. The van der Waals surface area contributed by atoms with Crippen LogP contribution in [-0.4, -0.2) is 78.7 Å². The van der Waals surface area contributed by atoms with Crippen LogP contribution in [0.4, 0.5) is 21.0 Å². The normalized spacial score (nSPS) is 20.9. The number of imidazole rings is 1. The number of aryl methyl sites for hydroxylation is 1. The van der Waals surface area contributed by atoms with Crippen LogP contribution < -0.4 is 10.6 Å². The molecule has 4 atom stereocenters. The molecule has 3 heterocycles. The third-order valence-electron chi connectivity index (χ3n) is 5.36. The number of ether oxygens (including phenoxy) is 1. The monoisotopic (exact) mass is 451 g/mol. The van der Waals surface area contributed by atoms with E-state index in [4.69, 9.17) is 4.74 Å². The number of carbonyl (C=O) groups excluding carboxylic acids is 1. The Balaban J connectivity index is 1.86. The van der Waals surface area contributed by atoms with E-state index in [1.54, 1.807) is 34.0 Å². The number of rotatable bonds is 7. The minimum atomic E-state index is -1.29. The number of aromatic nitrogens is 4. The SMILES string of the molecule is CC[C@H](Nc1nc(N[C@@H]2CN(C(=O)OC(C)(C)C)C[C@H]2F)c2ncn(CC)c2n1)[C@@H](C)O. The van der Waals surface area contributed by atoms with E-state index in [0.29, 0.717) is 35.9 Å². The topological polar surface area (TPSA) is 117 Å². The largest absolute Gasteiger partial charge is 0.444 e. The van der Waals surface area contributed by atoms with Crippen molar-refractivity contribution in [3.05, 3.63) is 6.33 Å². The van der Waals surface area contributed by atoms with Crippen molar-refractivity contribution < 1.29 is 19.0 Å². The lowest BCUT2D eigenvalue weighted by atomic mass is 10.1. The zero-order valence-electron chi connectivity index (χ0n) is 19.6. The van der Waals surface area contributed by atoms with Gasteiger partial charge in [-0.3, -0.25) is 0 Å². The van der Waals surface area contributed by atoms with Crippen LogP contribution in [0.15, 0.2) is 6.33 Å². The highest BCUT2D eigenvalue weighted by molar-refractivity contribution is 5.84. The smallest absolute Gasteiger partial charge is 0.410 e. The summed E-state index contributed by atoms with van der Waals surface area (Å²) in [6, 6.07) is -0.902. The fraction of sp³-hybridized carbons (Fsp3) is 0.714. The first-order valence-electron chi connectivity index (χ1n) is 11.1. The predicted molar refractivity (Wildman–Crippen MR) is 120 cm³/mol. The Morgan fingerprint density at radius 1 is 1.34 bits per heavy atom. The highest BCUT2D eigenvalue weighted by atomic mass is 19.1. The first kappa shape index (κ1) is 24.0. The van der Waals surface area contributed by atoms with Crippen LogP contribution in [0, 0.1) is 0 Å². The Morgan fingerprint density at radius 2 is 2.06 bits per heavy atom. The van der Waals surface area contributed by atoms with Gasteiger partial charge in [0.05, 0.1) is 31.1 Å². The molecule has 10 nitrogen and oxygen atoms in total. The molecule has 1 aliphatic heterocycles. The molecule has 0 aliphatic carbocycles. The fourth-order valence-corrected chi connectivity index (χ4v) is 3.62. The summed E-state index contributed by atoms with van der Waals surface area (Å²) in [5.41, 5.74) is 0.469. The molecular weight excluding hydrogens is 417 g/mol. The molecule has 11 heteroatoms. The summed E-state index contributed by atoms with van der Waals surface area (Å²) < 4.78 is 22.1. The summed E-state index contributed by atoms with van der Waals surface area (Å²) in [5.74, 6) is 0.698. The van der Waals surface area contributed by atoms with E-state index in [9.17, 15) is 14.3 Å². The average molecular weight is 452 g/mol. The number of amides is 1. The Bertz CT molecular complexity index is 943. The number of anilines is 2. The maximum Gasteiger partial charge on any atom is 0.410 e. The quantitative estimate of drug-likeness (QED) is 0.588. The van der Waals surface area contributed by atoms with Gasteiger partial charge in [0.1, 0.15) is 11.8 Å². The molecule has 1 amide bonds. The van der Waals surface area contributed by atoms with Crippen LogP contribution in [0.3, 0.4) is 0 Å². The van der Waals surface area contributed by atoms with Crippen molar-refractivity contribution in [1.29, 1.82) is 0 Å². The number of halogens is 1. The minimum absolute atomic E-state index is 0.0603. The van der Waals surface area contributed by atoms with Gasteiger partial charge in [0.25, 0.3) is 0 Å². The first-order chi connectivity index (χ1) is 15.0. The standard InChI is InChI=1S/C21H34FN7O3/c1-7-14(12(3)30)25-19-26-17(16-18(27-19)28(8-2)11-23-16)24-15-10-29(9-13(15)22)20(31)32-21(4,5)6/h11-15,30H,7-10H2,1-6H3,(H2,24,25,26,27)/t12-,13-,14+,15-/m1/s1. The van der Waals surface area contributed by atoms with Gasteiger partial charge < -0.3 is 29.9 Å². The number of alkyl halides is 1. The Kier molecular flexibility index (Phi) is 7.06. The van der Waals surface area contributed by atoms with Crippen LogP contribution in [0.5, 0.6) is 0 Å². The van der Waals surface area contributed by atoms with Crippen LogP contribution in [0.1, 0.15) is 48.0 Å². The summed E-state index contributed by atoms with van der Waals surface area (Å²) in [6.07, 6.45) is -0.0982. The molecule has 1 fully saturated rings. The molecular formula is C21H34FN7O3. The van der Waals surface area contributed by atoms with Crippen molar-refractivity contribution in [2.45, 2.75) is 84.5 Å². The Hall–Kier alpha value is -2.69. The van der Waals surface area contributed by atoms with E-state index in [-0.39, 0.29) is 19.1 Å². The summed E-state index contributed by atoms with van der Waals surface area (Å²) in [6.45, 7) is 11.7. The van der Waals surface area contributed by atoms with E-state index in [1.165, 1.54) is 4.90 Å². The van der Waals surface area contributed by atoms with Crippen molar-refractivity contribution in [2.24, 2.45) is 0 Å². The second-order valence-corrected chi connectivity index (χ2v) is 9.15. The van der Waals surface area contributed by atoms with E-state index >= 15 is 0 Å². The first-order valence-corrected chi connectivity index (χ1v) is 11.1. The highest BCUT2D eigenvalue weighted by Gasteiger charge is 2.38. The molecule has 3 N–H and O–H groups in total. The van der Waals surface area contributed by atoms with Crippen LogP contribution in [-0.2, 0) is 11.3 Å². The molecule has 0 unspecified atom stereocenters. The van der Waals surface area contributed by atoms with Gasteiger partial charge in [-0.25, -0.2) is 14.2 Å². The molecule has 0 spiro atoms. The van der Waals surface area contributed by atoms with Gasteiger partial charge in [0.15, 0.2) is 17.0 Å². The molecule has 3 rings (SSSR count). The lowest BCUT2D eigenvalue weighted by Crippen LogP contribution is -2.36. The van der Waals surface area contributed by atoms with Crippen molar-refractivity contribution in [2.75, 3.05) is 23.7 Å². The van der Waals surface area contributed by atoms with Gasteiger partial charge in [-0.05, 0) is 41.0 Å². The summed E-state index contributed by atoms with van der Waals surface area (Å²) in [4.78, 5) is 27.2. The van der Waals surface area contributed by atoms with Crippen LogP contribution in [0.25, 0.3) is 11.2 Å². The van der Waals surface area contributed by atoms with Gasteiger partial charge >= 0.3 is 6.09 Å². The van der Waals surface area contributed by atoms with Gasteiger partial charge in [-0.15, -0.1) is 0 Å². The number of aliphatic hydroxyl groups excluding tert-OH is 1. The predicted octanol–water partition coefficient (Wildman–Crippen LogP) is 2.79. The molecule has 178 valence electrons. The average Bonchev–Trinajstić information content (AvgIpc) is 3.28. The lowest BCUT2D eigenvalue weighted by molar-refractivity contribution is 0.0283. The summed E-state index contributed by atoms with van der Waals surface area (Å²) in [5, 5.41) is 16.3. The van der Waals surface area contributed by atoms with Crippen LogP contribution in [0.2, 0.25) is 0 Å². The van der Waals surface area contributed by atoms with Gasteiger partial charge in [-0.2, -0.15) is 9.97 Å². The molecule has 0 bridgehead atoms. The molecule has 2 aromatic heterocycles. The lowest BCUT2D eigenvalue weighted by Gasteiger charge is -2.24. The maximum atomic E-state index is 14.8. The third-order valence-corrected chi connectivity index (χ3v) is 5.36. The number of fused-ring (bicyclic) bond motifs is 1. The van der Waals surface area contributed by atoms with Crippen molar-refractivity contribution in [3.8, 4) is 0 Å². The van der Waals surface area contributed by atoms with Crippen molar-refractivity contribution >= 4 is 29.0 Å². The number of aliphatic hydroxyl groups is 1. The van der Waals surface area contributed by atoms with E-state index in [2.05, 4.69) is 25.6 Å². The zero-order chi connectivity index (χ0) is 23.6. The second-order valence-electron chi connectivity index (χ2n) is 9.15. The summed E-state index contributed by atoms with van der Waals surface area (Å²) >= 11 is 0. The zero-order valence-corrected chi connectivity index (χ0v) is 19.6. The number of nitrogens with zero attached hydrogens (tertiary/aromatic N) is 5. The maximum absolute atomic E-state index is 14.8. The number of hydrogen-bond donors (Lipinski definition) is 3. The Morgan fingerprint density at radius 3 is 2.66 bits per heavy atom. The second kappa shape index (κ2) is 9.43. The van der Waals surface area contributed by atoms with Gasteiger partial charge in [0, 0.05) is 13.1 Å². The van der Waals surface area contributed by atoms with Gasteiger partial charge in [-0.1, -0.05) is 6.92 Å². The molecule has 0 radical (unpaired) electrons. The van der Waals surface area contributed by atoms with E-state index < -0.39 is 30.0 Å². The number of likely N-dealkylation sites (tertiary alicyclic amines) is 1. The molecule has 0 saturated carbocycles. The number of nitrogens with one attached hydrogen (secondary N) is 2. The minimum Gasteiger partial charge on any atom is -0.444 e. The van der Waals surface area contributed by atoms with Crippen molar-refractivity contribution in [1.82, 2.24) is 24.4 Å². The van der Waals surface area contributed by atoms with E-state index in [1.807, 2.05) is 18.4 Å². The molecule has 0 aromatic carbocycles.